The molecule has 0 spiro atoms. The van der Waals surface area contributed by atoms with Crippen molar-refractivity contribution in [2.24, 2.45) is 0 Å². The molecule has 0 aromatic heterocycles. The molecule has 0 amide bonds. The number of hydrogen-bond donors (Lipinski definition) is 0. The second-order valence-corrected chi connectivity index (χ2v) is 35.8. The zero-order chi connectivity index (χ0) is 39.7. The smallest absolute Gasteiger partial charge is 1.00 e. The molecule has 0 aliphatic carbocycles. The SMILES string of the molecule is C=CC[Si](CC=C)(CC=C)CCC[Si](C)(CCC[Si](CC=C)(CC=C)CC=C)OC.C=CC[Si](CC=C)(CC=C)CC[CH2-].CO[Si](C)(OC)OC.[Br-].[Mg+2]. The third-order valence-electron chi connectivity index (χ3n) is 10.3. The summed E-state index contributed by atoms with van der Waals surface area (Å²) in [6, 6.07) is 16.9. The molecule has 0 aliphatic heterocycles. The average Bonchev–Trinajstić information content (AvgIpc) is 3.10. The van der Waals surface area contributed by atoms with Gasteiger partial charge in [0.05, 0.1) is 24.2 Å². The molecule has 0 N–H and O–H groups in total. The molecule has 0 atom stereocenters. The van der Waals surface area contributed by atoms with Gasteiger partial charge in [-0.15, -0.1) is 59.2 Å². The first-order chi connectivity index (χ1) is 24.3. The van der Waals surface area contributed by atoms with Gasteiger partial charge in [-0.3, -0.25) is 0 Å². The van der Waals surface area contributed by atoms with Gasteiger partial charge in [0, 0.05) is 35.0 Å². The molecule has 0 radical (unpaired) electrons. The van der Waals surface area contributed by atoms with E-state index < -0.39 is 41.3 Å². The van der Waals surface area contributed by atoms with Crippen LogP contribution in [0.4, 0.5) is 0 Å². The molecule has 0 bridgehead atoms. The first kappa shape index (κ1) is 62.0. The zero-order valence-corrected chi connectivity index (χ0v) is 43.5. The number of hydrogen-bond acceptors (Lipinski definition) is 4. The van der Waals surface area contributed by atoms with Crippen LogP contribution in [0.5, 0.6) is 0 Å². The van der Waals surface area contributed by atoms with Gasteiger partial charge in [-0.1, -0.05) is 85.7 Å². The summed E-state index contributed by atoms with van der Waals surface area (Å²) in [7, 11) is -1.20. The van der Waals surface area contributed by atoms with Crippen molar-refractivity contribution < 1.29 is 34.7 Å². The fourth-order valence-electron chi connectivity index (χ4n) is 7.05. The van der Waals surface area contributed by atoms with Gasteiger partial charge in [0.15, 0.2) is 8.32 Å². The van der Waals surface area contributed by atoms with Crippen molar-refractivity contribution in [2.45, 2.75) is 117 Å². The normalized spacial score (nSPS) is 11.4. The Morgan fingerprint density at radius 3 is 0.792 bits per heavy atom. The molecular formula is C42H81BrMgO4Si5. The van der Waals surface area contributed by atoms with Gasteiger partial charge in [0.25, 0.3) is 0 Å². The summed E-state index contributed by atoms with van der Waals surface area (Å²) in [6.45, 7) is 43.9. The maximum atomic E-state index is 6.18. The molecule has 0 heterocycles. The number of allylic oxidation sites excluding steroid dienone is 9. The minimum atomic E-state index is -2.17. The van der Waals surface area contributed by atoms with Crippen LogP contribution in [0.25, 0.3) is 0 Å². The van der Waals surface area contributed by atoms with Crippen LogP contribution in [0.1, 0.15) is 19.3 Å². The van der Waals surface area contributed by atoms with Gasteiger partial charge in [0.2, 0.25) is 0 Å². The van der Waals surface area contributed by atoms with E-state index in [4.69, 9.17) is 17.7 Å². The third kappa shape index (κ3) is 28.0. The molecule has 11 heteroatoms. The Morgan fingerprint density at radius 2 is 0.642 bits per heavy atom. The van der Waals surface area contributed by atoms with Crippen LogP contribution in [0, 0.1) is 6.92 Å². The average molecular weight is 895 g/mol. The Hall–Kier alpha value is -0.169. The summed E-state index contributed by atoms with van der Waals surface area (Å²) in [5.41, 5.74) is 0. The summed E-state index contributed by atoms with van der Waals surface area (Å²) >= 11 is 0. The van der Waals surface area contributed by atoms with Crippen molar-refractivity contribution in [1.29, 1.82) is 0 Å². The Kier molecular flexibility index (Phi) is 43.8. The van der Waals surface area contributed by atoms with Gasteiger partial charge >= 0.3 is 31.9 Å². The maximum absolute atomic E-state index is 6.18. The Labute approximate surface area is 362 Å². The molecule has 4 nitrogen and oxygen atoms in total. The van der Waals surface area contributed by atoms with Gasteiger partial charge in [-0.05, 0) is 73.0 Å². The van der Waals surface area contributed by atoms with E-state index in [1.807, 2.05) is 13.7 Å². The topological polar surface area (TPSA) is 36.9 Å². The molecule has 302 valence electrons. The fourth-order valence-corrected chi connectivity index (χ4v) is 22.2. The van der Waals surface area contributed by atoms with Crippen molar-refractivity contribution in [3.05, 3.63) is 121 Å². The largest absolute Gasteiger partial charge is 2.00 e. The fraction of sp³-hybridized carbons (Fsp3) is 0.548. The number of rotatable bonds is 32. The van der Waals surface area contributed by atoms with Gasteiger partial charge in [-0.2, -0.15) is 6.42 Å². The summed E-state index contributed by atoms with van der Waals surface area (Å²) in [5, 5.41) is 0. The molecule has 0 saturated carbocycles. The first-order valence-corrected chi connectivity index (χ1v) is 32.3. The monoisotopic (exact) mass is 892 g/mol. The molecule has 0 aromatic rings. The molecule has 0 aromatic carbocycles. The van der Waals surface area contributed by atoms with E-state index in [-0.39, 0.29) is 40.0 Å². The van der Waals surface area contributed by atoms with E-state index in [9.17, 15) is 0 Å². The van der Waals surface area contributed by atoms with E-state index in [0.29, 0.717) is 0 Å². The van der Waals surface area contributed by atoms with Crippen LogP contribution in [0.2, 0.25) is 97.7 Å². The zero-order valence-electron chi connectivity index (χ0n) is 35.5. The molecule has 0 aliphatic rings. The molecular weight excluding hydrogens is 813 g/mol. The summed E-state index contributed by atoms with van der Waals surface area (Å²) in [5.74, 6) is 0. The Balaban J connectivity index is -0.000000275. The van der Waals surface area contributed by atoms with Gasteiger partial charge in [0.1, 0.15) is 0 Å². The molecule has 0 saturated heterocycles. The van der Waals surface area contributed by atoms with E-state index >= 15 is 0 Å². The quantitative estimate of drug-likeness (QED) is 0.0383. The van der Waals surface area contributed by atoms with E-state index in [0.717, 1.165) is 42.7 Å². The van der Waals surface area contributed by atoms with Crippen LogP contribution in [-0.4, -0.2) is 92.8 Å². The van der Waals surface area contributed by atoms with E-state index in [1.54, 1.807) is 21.3 Å². The van der Waals surface area contributed by atoms with Gasteiger partial charge in [-0.25, -0.2) is 0 Å². The van der Waals surface area contributed by atoms with E-state index in [1.165, 1.54) is 61.2 Å². The van der Waals surface area contributed by atoms with Crippen LogP contribution >= 0.6 is 0 Å². The van der Waals surface area contributed by atoms with Gasteiger partial charge < -0.3 is 41.6 Å². The van der Waals surface area contributed by atoms with Crippen molar-refractivity contribution in [1.82, 2.24) is 0 Å². The molecule has 0 unspecified atom stereocenters. The third-order valence-corrected chi connectivity index (χ3v) is 31.0. The van der Waals surface area contributed by atoms with Crippen molar-refractivity contribution >= 4 is 64.4 Å². The minimum absolute atomic E-state index is 0. The summed E-state index contributed by atoms with van der Waals surface area (Å²) < 4.78 is 21.0. The Bertz CT molecular complexity index is 874. The predicted octanol–water partition coefficient (Wildman–Crippen LogP) is 10.3. The summed E-state index contributed by atoms with van der Waals surface area (Å²) in [4.78, 5) is 0. The van der Waals surface area contributed by atoms with Crippen LogP contribution in [0.3, 0.4) is 0 Å². The maximum Gasteiger partial charge on any atom is 2.00 e. The molecule has 53 heavy (non-hydrogen) atoms. The van der Waals surface area contributed by atoms with Crippen LogP contribution in [0.15, 0.2) is 114 Å². The molecule has 0 fully saturated rings. The standard InChI is InChI=1S/C26H48OSi3.C12H21Si.C4H12O3Si.BrH.Mg/c1-9-17-29(18-10-2,19-11-3)25-15-23-28(8,27-7)24-16-26-30(20-12-4,21-13-5)22-14-6;1-5-9-13(10-6-2,11-7-3)12-8-4;1-5-8(4,6-2)7-3;;/h9-14H,1-6,15-26H2,7-8H3;5-7H,1-4,8-12H2;1-4H3;1H;/q;-1;;;+2/p-1. The molecule has 0 rings (SSSR count). The van der Waals surface area contributed by atoms with Crippen molar-refractivity contribution in [2.75, 3.05) is 28.4 Å². The van der Waals surface area contributed by atoms with Crippen molar-refractivity contribution in [3.8, 4) is 0 Å². The summed E-state index contributed by atoms with van der Waals surface area (Å²) in [6.07, 6.45) is 22.4. The van der Waals surface area contributed by atoms with Crippen LogP contribution < -0.4 is 17.0 Å². The number of halogens is 1. The van der Waals surface area contributed by atoms with Crippen LogP contribution in [-0.2, 0) is 17.7 Å². The Morgan fingerprint density at radius 1 is 0.415 bits per heavy atom. The second kappa shape index (κ2) is 37.4. The second-order valence-electron chi connectivity index (χ2n) is 14.4. The predicted molar refractivity (Wildman–Crippen MR) is 253 cm³/mol. The van der Waals surface area contributed by atoms with E-state index in [2.05, 4.69) is 127 Å². The minimum Gasteiger partial charge on any atom is -1.00 e. The van der Waals surface area contributed by atoms with Crippen molar-refractivity contribution in [3.63, 3.8) is 0 Å². The first-order valence-electron chi connectivity index (χ1n) is 18.7.